The number of para-hydroxylation sites is 3. The number of nitrogens with two attached hydrogens (primary N) is 1. The second-order valence-corrected chi connectivity index (χ2v) is 9.10. The van der Waals surface area contributed by atoms with Gasteiger partial charge in [-0.3, -0.25) is 0 Å². The molecule has 2 N–H and O–H groups in total. The van der Waals surface area contributed by atoms with Gasteiger partial charge in [-0.15, -0.1) is 0 Å². The average Bonchev–Trinajstić information content (AvgIpc) is 3.12. The van der Waals surface area contributed by atoms with Crippen molar-refractivity contribution in [1.29, 1.82) is 0 Å². The van der Waals surface area contributed by atoms with Gasteiger partial charge in [-0.25, -0.2) is 18.4 Å². The summed E-state index contributed by atoms with van der Waals surface area (Å²) < 4.78 is 33.8. The van der Waals surface area contributed by atoms with Crippen molar-refractivity contribution in [2.24, 2.45) is 5.10 Å². The summed E-state index contributed by atoms with van der Waals surface area (Å²) in [4.78, 5) is 9.22. The van der Waals surface area contributed by atoms with E-state index in [0.29, 0.717) is 22.3 Å². The van der Waals surface area contributed by atoms with Crippen molar-refractivity contribution in [2.75, 3.05) is 12.8 Å². The Kier molecular flexibility index (Phi) is 5.02. The number of hydrogen-bond acceptors (Lipinski definition) is 7. The number of hydrogen-bond donors (Lipinski definition) is 1. The van der Waals surface area contributed by atoms with Crippen LogP contribution in [-0.2, 0) is 9.84 Å². The molecular formula is C24H19N5O3S. The van der Waals surface area contributed by atoms with Gasteiger partial charge in [-0.1, -0.05) is 42.5 Å². The zero-order valence-electron chi connectivity index (χ0n) is 17.6. The third kappa shape index (κ3) is 3.48. The zero-order valence-corrected chi connectivity index (χ0v) is 18.4. The molecule has 9 heteroatoms. The monoisotopic (exact) mass is 457 g/mol. The van der Waals surface area contributed by atoms with Crippen LogP contribution >= 0.6 is 0 Å². The predicted octanol–water partition coefficient (Wildman–Crippen LogP) is 3.89. The molecule has 33 heavy (non-hydrogen) atoms. The van der Waals surface area contributed by atoms with E-state index in [4.69, 9.17) is 10.5 Å². The molecule has 0 radical (unpaired) electrons. The topological polar surface area (TPSA) is 112 Å². The first-order valence-corrected chi connectivity index (χ1v) is 11.5. The summed E-state index contributed by atoms with van der Waals surface area (Å²) in [5.74, 6) is 0.542. The van der Waals surface area contributed by atoms with Crippen molar-refractivity contribution in [3.8, 4) is 5.75 Å². The first-order valence-electron chi connectivity index (χ1n) is 10.0. The van der Waals surface area contributed by atoms with Crippen molar-refractivity contribution in [1.82, 2.24) is 14.6 Å². The highest BCUT2D eigenvalue weighted by Crippen LogP contribution is 2.35. The summed E-state index contributed by atoms with van der Waals surface area (Å²) in [5, 5.41) is 4.47. The number of methoxy groups -OCH3 is 1. The Bertz CT molecular complexity index is 1630. The van der Waals surface area contributed by atoms with Gasteiger partial charge in [0.1, 0.15) is 22.0 Å². The van der Waals surface area contributed by atoms with Crippen LogP contribution in [0.3, 0.4) is 0 Å². The van der Waals surface area contributed by atoms with Gasteiger partial charge >= 0.3 is 0 Å². The molecule has 0 saturated heterocycles. The highest BCUT2D eigenvalue weighted by Gasteiger charge is 2.30. The Morgan fingerprint density at radius 1 is 0.909 bits per heavy atom. The normalized spacial score (nSPS) is 12.0. The second-order valence-electron chi connectivity index (χ2n) is 7.21. The van der Waals surface area contributed by atoms with Crippen molar-refractivity contribution < 1.29 is 13.2 Å². The van der Waals surface area contributed by atoms with E-state index in [9.17, 15) is 8.42 Å². The minimum atomic E-state index is -3.99. The Morgan fingerprint density at radius 3 is 2.27 bits per heavy atom. The molecule has 0 saturated carbocycles. The maximum atomic E-state index is 13.6. The van der Waals surface area contributed by atoms with Crippen molar-refractivity contribution in [3.63, 3.8) is 0 Å². The molecule has 5 aromatic rings. The van der Waals surface area contributed by atoms with E-state index in [1.165, 1.54) is 16.8 Å². The Labute approximate surface area is 189 Å². The second kappa shape index (κ2) is 8.03. The number of sulfone groups is 1. The lowest BCUT2D eigenvalue weighted by molar-refractivity contribution is 0.414. The van der Waals surface area contributed by atoms with Crippen LogP contribution in [0.5, 0.6) is 5.75 Å². The number of anilines is 1. The molecule has 0 aliphatic rings. The smallest absolute Gasteiger partial charge is 0.212 e. The van der Waals surface area contributed by atoms with Crippen LogP contribution in [0.1, 0.15) is 5.56 Å². The zero-order chi connectivity index (χ0) is 23.0. The molecule has 0 aliphatic carbocycles. The van der Waals surface area contributed by atoms with Crippen LogP contribution < -0.4 is 10.5 Å². The molecule has 164 valence electrons. The van der Waals surface area contributed by atoms with E-state index in [0.717, 1.165) is 0 Å². The SMILES string of the molecule is COc1ccccc1/C=N/n1c(N)c(S(=O)(=O)c2ccccc2)c2nc3ccccc3nc21. The van der Waals surface area contributed by atoms with Gasteiger partial charge < -0.3 is 10.5 Å². The van der Waals surface area contributed by atoms with Crippen molar-refractivity contribution in [3.05, 3.63) is 84.4 Å². The maximum absolute atomic E-state index is 13.6. The fourth-order valence-electron chi connectivity index (χ4n) is 3.61. The van der Waals surface area contributed by atoms with E-state index in [2.05, 4.69) is 15.1 Å². The van der Waals surface area contributed by atoms with Crippen LogP contribution in [0.2, 0.25) is 0 Å². The Balaban J connectivity index is 1.80. The minimum absolute atomic E-state index is 0.0738. The highest BCUT2D eigenvalue weighted by atomic mass is 32.2. The molecule has 0 bridgehead atoms. The Hall–Kier alpha value is -4.24. The number of aromatic nitrogens is 3. The molecule has 3 aromatic carbocycles. The van der Waals surface area contributed by atoms with Gasteiger partial charge in [-0.2, -0.15) is 9.78 Å². The standard InChI is InChI=1S/C24H19N5O3S/c1-32-20-14-8-5-9-16(20)15-26-29-23(25)22(33(30,31)17-10-3-2-4-11-17)21-24(29)28-19-13-7-6-12-18(19)27-21/h2-15H,25H2,1H3/b26-15+. The molecule has 8 nitrogen and oxygen atoms in total. The third-order valence-corrected chi connectivity index (χ3v) is 7.03. The molecule has 2 heterocycles. The number of fused-ring (bicyclic) bond motifs is 2. The molecule has 0 amide bonds. The van der Waals surface area contributed by atoms with Gasteiger partial charge in [0, 0.05) is 5.56 Å². The highest BCUT2D eigenvalue weighted by molar-refractivity contribution is 7.92. The quantitative estimate of drug-likeness (QED) is 0.401. The molecule has 0 fully saturated rings. The molecule has 5 rings (SSSR count). The fraction of sp³-hybridized carbons (Fsp3) is 0.0417. The first kappa shape index (κ1) is 20.7. The summed E-state index contributed by atoms with van der Waals surface area (Å²) in [6.45, 7) is 0. The fourth-order valence-corrected chi connectivity index (χ4v) is 5.12. The lowest BCUT2D eigenvalue weighted by Crippen LogP contribution is -2.06. The van der Waals surface area contributed by atoms with Crippen LogP contribution in [0, 0.1) is 0 Å². The number of benzene rings is 3. The molecule has 0 unspecified atom stereocenters. The molecule has 0 aliphatic heterocycles. The number of ether oxygens (including phenoxy) is 1. The van der Waals surface area contributed by atoms with E-state index >= 15 is 0 Å². The van der Waals surface area contributed by atoms with Gasteiger partial charge in [0.25, 0.3) is 0 Å². The molecule has 2 aromatic heterocycles. The predicted molar refractivity (Wildman–Crippen MR) is 127 cm³/mol. The van der Waals surface area contributed by atoms with Crippen molar-refractivity contribution >= 4 is 44.1 Å². The molecule has 0 spiro atoms. The summed E-state index contributed by atoms with van der Waals surface area (Å²) in [6.07, 6.45) is 1.55. The number of nitrogen functional groups attached to an aromatic ring is 1. The van der Waals surface area contributed by atoms with Crippen molar-refractivity contribution in [2.45, 2.75) is 9.79 Å². The maximum Gasteiger partial charge on any atom is 0.212 e. The van der Waals surface area contributed by atoms with Crippen LogP contribution in [0.4, 0.5) is 5.82 Å². The molecular weight excluding hydrogens is 438 g/mol. The lowest BCUT2D eigenvalue weighted by atomic mass is 10.2. The molecule has 0 atom stereocenters. The largest absolute Gasteiger partial charge is 0.496 e. The number of nitrogens with zero attached hydrogens (tertiary/aromatic N) is 4. The van der Waals surface area contributed by atoms with Crippen LogP contribution in [-0.4, -0.2) is 36.4 Å². The first-order chi connectivity index (χ1) is 16.0. The van der Waals surface area contributed by atoms with Gasteiger partial charge in [-0.05, 0) is 36.4 Å². The van der Waals surface area contributed by atoms with Gasteiger partial charge in [0.15, 0.2) is 5.65 Å². The number of rotatable bonds is 5. The summed E-state index contributed by atoms with van der Waals surface area (Å²) in [6, 6.07) is 22.6. The van der Waals surface area contributed by atoms with Crippen LogP contribution in [0.15, 0.2) is 93.8 Å². The van der Waals surface area contributed by atoms with E-state index < -0.39 is 9.84 Å². The van der Waals surface area contributed by atoms with E-state index in [1.54, 1.807) is 49.7 Å². The third-order valence-electron chi connectivity index (χ3n) is 5.20. The van der Waals surface area contributed by atoms with Gasteiger partial charge in [0.05, 0.1) is 29.3 Å². The van der Waals surface area contributed by atoms with E-state index in [1.807, 2.05) is 30.3 Å². The van der Waals surface area contributed by atoms with Gasteiger partial charge in [0.2, 0.25) is 9.84 Å². The van der Waals surface area contributed by atoms with Crippen LogP contribution in [0.25, 0.3) is 22.2 Å². The van der Waals surface area contributed by atoms with E-state index in [-0.39, 0.29) is 26.8 Å². The summed E-state index contributed by atoms with van der Waals surface area (Å²) in [7, 11) is -2.42. The minimum Gasteiger partial charge on any atom is -0.496 e. The summed E-state index contributed by atoms with van der Waals surface area (Å²) >= 11 is 0. The Morgan fingerprint density at radius 2 is 1.55 bits per heavy atom. The lowest BCUT2D eigenvalue weighted by Gasteiger charge is -2.05. The summed E-state index contributed by atoms with van der Waals surface area (Å²) in [5.41, 5.74) is 8.65. The average molecular weight is 458 g/mol.